The number of aromatic nitrogens is 2. The Hall–Kier alpha value is -2.91. The predicted molar refractivity (Wildman–Crippen MR) is 90.4 cm³/mol. The van der Waals surface area contributed by atoms with Crippen molar-refractivity contribution < 1.29 is 27.1 Å². The van der Waals surface area contributed by atoms with Crippen LogP contribution in [0.1, 0.15) is 60.0 Å². The number of aromatic amines is 1. The van der Waals surface area contributed by atoms with E-state index in [0.717, 1.165) is 31.0 Å². The van der Waals surface area contributed by atoms with Gasteiger partial charge >= 0.3 is 6.36 Å². The molecule has 1 heterocycles. The van der Waals surface area contributed by atoms with E-state index in [4.69, 9.17) is 0 Å². The van der Waals surface area contributed by atoms with Crippen LogP contribution in [0.2, 0.25) is 0 Å². The van der Waals surface area contributed by atoms with Gasteiger partial charge in [0.2, 0.25) is 0 Å². The molecule has 1 saturated carbocycles. The van der Waals surface area contributed by atoms with Crippen molar-refractivity contribution in [3.8, 4) is 5.75 Å². The Kier molecular flexibility index (Phi) is 5.39. The van der Waals surface area contributed by atoms with Crippen LogP contribution in [-0.2, 0) is 0 Å². The lowest BCUT2D eigenvalue weighted by molar-refractivity contribution is -0.275. The van der Waals surface area contributed by atoms with E-state index in [1.54, 1.807) is 6.92 Å². The molecule has 1 atom stereocenters. The summed E-state index contributed by atoms with van der Waals surface area (Å²) in [5.41, 5.74) is -0.258. The number of benzene rings is 1. The minimum atomic E-state index is -5.01. The molecule has 0 aliphatic heterocycles. The molecule has 6 nitrogen and oxygen atoms in total. The van der Waals surface area contributed by atoms with Gasteiger partial charge in [0.15, 0.2) is 11.6 Å². The predicted octanol–water partition coefficient (Wildman–Crippen LogP) is 3.57. The molecular formula is C18H17F4N3O3. The molecule has 1 aromatic carbocycles. The summed E-state index contributed by atoms with van der Waals surface area (Å²) in [4.78, 5) is 31.0. The molecule has 1 aromatic heterocycles. The molecule has 1 aliphatic carbocycles. The first-order valence-electron chi connectivity index (χ1n) is 8.63. The quantitative estimate of drug-likeness (QED) is 0.728. The van der Waals surface area contributed by atoms with Crippen molar-refractivity contribution in [2.24, 2.45) is 0 Å². The third-order valence-electron chi connectivity index (χ3n) is 4.25. The number of ether oxygens (including phenoxy) is 1. The van der Waals surface area contributed by atoms with Gasteiger partial charge in [0, 0.05) is 12.0 Å². The van der Waals surface area contributed by atoms with Crippen LogP contribution in [0.3, 0.4) is 0 Å². The first-order valence-corrected chi connectivity index (χ1v) is 8.63. The lowest BCUT2D eigenvalue weighted by atomic mass is 10.0. The zero-order chi connectivity index (χ0) is 20.5. The number of rotatable bonds is 6. The van der Waals surface area contributed by atoms with E-state index in [1.807, 2.05) is 0 Å². The van der Waals surface area contributed by atoms with E-state index in [9.17, 15) is 27.2 Å². The molecule has 1 fully saturated rings. The number of hydrogen-bond donors (Lipinski definition) is 2. The Labute approximate surface area is 156 Å². The number of amides is 1. The number of halogens is 4. The first-order chi connectivity index (χ1) is 13.2. The lowest BCUT2D eigenvalue weighted by Crippen LogP contribution is -2.30. The van der Waals surface area contributed by atoms with Crippen molar-refractivity contribution in [1.82, 2.24) is 15.3 Å². The molecule has 1 amide bonds. The lowest BCUT2D eigenvalue weighted by Gasteiger charge is -2.18. The maximum atomic E-state index is 13.9. The number of H-pyrrole nitrogens is 1. The molecule has 0 radical (unpaired) electrons. The van der Waals surface area contributed by atoms with Crippen molar-refractivity contribution in [1.29, 1.82) is 0 Å². The normalized spacial score (nSPS) is 15.2. The van der Waals surface area contributed by atoms with E-state index in [-0.39, 0.29) is 17.2 Å². The number of carbonyl (C=O) groups excluding carboxylic acids is 1. The summed E-state index contributed by atoms with van der Waals surface area (Å²) < 4.78 is 54.3. The van der Waals surface area contributed by atoms with Crippen LogP contribution >= 0.6 is 0 Å². The van der Waals surface area contributed by atoms with E-state index < -0.39 is 35.4 Å². The fourth-order valence-corrected chi connectivity index (χ4v) is 2.74. The van der Waals surface area contributed by atoms with Crippen molar-refractivity contribution in [3.05, 3.63) is 57.5 Å². The average molecular weight is 399 g/mol. The number of nitrogens with one attached hydrogen (secondary N) is 2. The molecule has 0 bridgehead atoms. The van der Waals surface area contributed by atoms with Gasteiger partial charge in [-0.2, -0.15) is 0 Å². The number of alkyl halides is 3. The molecule has 1 aliphatic rings. The first kappa shape index (κ1) is 19.8. The van der Waals surface area contributed by atoms with Crippen LogP contribution in [0.15, 0.2) is 29.1 Å². The summed E-state index contributed by atoms with van der Waals surface area (Å²) in [7, 11) is 0. The minimum Gasteiger partial charge on any atom is -0.403 e. The summed E-state index contributed by atoms with van der Waals surface area (Å²) in [5, 5.41) is 2.62. The number of carbonyl (C=O) groups is 1. The summed E-state index contributed by atoms with van der Waals surface area (Å²) in [6.45, 7) is 1.71. The molecule has 3 rings (SSSR count). The van der Waals surface area contributed by atoms with Crippen LogP contribution in [-0.4, -0.2) is 22.2 Å². The van der Waals surface area contributed by atoms with Gasteiger partial charge in [-0.1, -0.05) is 13.0 Å². The largest absolute Gasteiger partial charge is 0.573 e. The molecule has 10 heteroatoms. The summed E-state index contributed by atoms with van der Waals surface area (Å²) in [6.07, 6.45) is -2.90. The highest BCUT2D eigenvalue weighted by Crippen LogP contribution is 2.37. The zero-order valence-corrected chi connectivity index (χ0v) is 14.8. The minimum absolute atomic E-state index is 0.0680. The number of hydrogen-bond acceptors (Lipinski definition) is 4. The maximum absolute atomic E-state index is 13.9. The summed E-state index contributed by atoms with van der Waals surface area (Å²) in [6, 6.07) is 3.33. The van der Waals surface area contributed by atoms with Crippen molar-refractivity contribution in [3.63, 3.8) is 0 Å². The van der Waals surface area contributed by atoms with Crippen LogP contribution in [0.25, 0.3) is 0 Å². The second-order valence-corrected chi connectivity index (χ2v) is 6.46. The van der Waals surface area contributed by atoms with Gasteiger partial charge in [-0.3, -0.25) is 9.59 Å². The molecule has 2 N–H and O–H groups in total. The van der Waals surface area contributed by atoms with Gasteiger partial charge in [-0.05, 0) is 37.0 Å². The second kappa shape index (κ2) is 7.61. The van der Waals surface area contributed by atoms with Gasteiger partial charge in [0.1, 0.15) is 11.5 Å². The Morgan fingerprint density at radius 2 is 2.07 bits per heavy atom. The molecule has 2 aromatic rings. The monoisotopic (exact) mass is 399 g/mol. The van der Waals surface area contributed by atoms with Crippen molar-refractivity contribution in [2.45, 2.75) is 44.5 Å². The van der Waals surface area contributed by atoms with Gasteiger partial charge in [0.05, 0.1) is 6.04 Å². The average Bonchev–Trinajstić information content (AvgIpc) is 3.45. The molecular weight excluding hydrogens is 382 g/mol. The molecule has 150 valence electrons. The van der Waals surface area contributed by atoms with Crippen molar-refractivity contribution in [2.75, 3.05) is 0 Å². The SMILES string of the molecule is CCC(NC(=O)c1cc(=O)[nH]c(C2CC2)n1)c1ccc(OC(F)(F)F)c(F)c1. The second-order valence-electron chi connectivity index (χ2n) is 6.46. The van der Waals surface area contributed by atoms with Gasteiger partial charge in [-0.25, -0.2) is 9.37 Å². The topological polar surface area (TPSA) is 84.1 Å². The highest BCUT2D eigenvalue weighted by atomic mass is 19.4. The van der Waals surface area contributed by atoms with E-state index in [0.29, 0.717) is 12.2 Å². The van der Waals surface area contributed by atoms with Crippen LogP contribution in [0.4, 0.5) is 17.6 Å². The summed E-state index contributed by atoms with van der Waals surface area (Å²) in [5.74, 6) is -2.20. The van der Waals surface area contributed by atoms with Crippen LogP contribution < -0.4 is 15.6 Å². The standard InChI is InChI=1S/C18H17F4N3O3/c1-2-12(10-5-6-14(11(19)7-10)28-18(20,21)22)24-17(27)13-8-15(26)25-16(23-13)9-3-4-9/h5-9,12H,2-4H2,1H3,(H,24,27)(H,23,25,26). The fourth-order valence-electron chi connectivity index (χ4n) is 2.74. The Balaban J connectivity index is 1.78. The van der Waals surface area contributed by atoms with Crippen LogP contribution in [0.5, 0.6) is 5.75 Å². The Morgan fingerprint density at radius 1 is 1.36 bits per heavy atom. The molecule has 28 heavy (non-hydrogen) atoms. The van der Waals surface area contributed by atoms with Gasteiger partial charge < -0.3 is 15.0 Å². The molecule has 0 saturated heterocycles. The van der Waals surface area contributed by atoms with Crippen molar-refractivity contribution >= 4 is 5.91 Å². The Morgan fingerprint density at radius 3 is 2.64 bits per heavy atom. The van der Waals surface area contributed by atoms with Crippen LogP contribution in [0, 0.1) is 5.82 Å². The third-order valence-corrected chi connectivity index (χ3v) is 4.25. The van der Waals surface area contributed by atoms with E-state index in [1.165, 1.54) is 6.07 Å². The van der Waals surface area contributed by atoms with E-state index in [2.05, 4.69) is 20.0 Å². The third kappa shape index (κ3) is 4.87. The smallest absolute Gasteiger partial charge is 0.403 e. The number of nitrogens with zero attached hydrogens (tertiary/aromatic N) is 1. The Bertz CT molecular complexity index is 938. The van der Waals surface area contributed by atoms with E-state index >= 15 is 0 Å². The van der Waals surface area contributed by atoms with Gasteiger partial charge in [-0.15, -0.1) is 13.2 Å². The zero-order valence-electron chi connectivity index (χ0n) is 14.8. The maximum Gasteiger partial charge on any atom is 0.573 e. The fraction of sp³-hybridized carbons (Fsp3) is 0.389. The highest BCUT2D eigenvalue weighted by Gasteiger charge is 2.32. The van der Waals surface area contributed by atoms with Gasteiger partial charge in [0.25, 0.3) is 11.5 Å². The summed E-state index contributed by atoms with van der Waals surface area (Å²) >= 11 is 0. The molecule has 1 unspecified atom stereocenters. The highest BCUT2D eigenvalue weighted by molar-refractivity contribution is 5.92. The molecule has 0 spiro atoms.